The molecule has 212 valence electrons. The maximum atomic E-state index is 13.4. The Morgan fingerprint density at radius 3 is 2.44 bits per heavy atom. The van der Waals surface area contributed by atoms with Crippen LogP contribution in [0.4, 0.5) is 0 Å². The molecule has 2 aromatic rings. The number of H-pyrrole nitrogens is 1. The lowest BCUT2D eigenvalue weighted by molar-refractivity contribution is -0.149. The number of aromatic nitrogens is 2. The van der Waals surface area contributed by atoms with E-state index >= 15 is 0 Å². The first-order valence-electron chi connectivity index (χ1n) is 13.0. The second kappa shape index (κ2) is 14.3. The number of carboxylic acid groups (broad SMARTS) is 1. The highest BCUT2D eigenvalue weighted by molar-refractivity contribution is 5.94. The molecule has 1 aliphatic heterocycles. The molecule has 4 atom stereocenters. The molecular formula is C26H37N7O6. The molecule has 1 aromatic heterocycles. The van der Waals surface area contributed by atoms with Crippen LogP contribution in [0.5, 0.6) is 5.75 Å². The van der Waals surface area contributed by atoms with E-state index in [1.54, 1.807) is 12.1 Å². The first-order valence-corrected chi connectivity index (χ1v) is 13.0. The lowest BCUT2D eigenvalue weighted by Gasteiger charge is -2.29. The average Bonchev–Trinajstić information content (AvgIpc) is 3.61. The van der Waals surface area contributed by atoms with Gasteiger partial charge in [-0.2, -0.15) is 0 Å². The van der Waals surface area contributed by atoms with Gasteiger partial charge in [-0.25, -0.2) is 9.78 Å². The molecule has 3 rings (SSSR count). The van der Waals surface area contributed by atoms with Crippen molar-refractivity contribution in [3.63, 3.8) is 0 Å². The molecule has 0 radical (unpaired) electrons. The number of hydrogen-bond donors (Lipinski definition) is 7. The number of unbranched alkanes of at least 4 members (excludes halogenated alkanes) is 1. The fourth-order valence-corrected chi connectivity index (χ4v) is 4.60. The van der Waals surface area contributed by atoms with E-state index in [0.29, 0.717) is 37.9 Å². The summed E-state index contributed by atoms with van der Waals surface area (Å²) in [6.07, 6.45) is 5.55. The third kappa shape index (κ3) is 8.52. The molecule has 1 aromatic carbocycles. The molecule has 0 bridgehead atoms. The number of aliphatic carboxylic acids is 1. The predicted octanol–water partition coefficient (Wildman–Crippen LogP) is -0.598. The monoisotopic (exact) mass is 543 g/mol. The van der Waals surface area contributed by atoms with Crippen LogP contribution in [0.2, 0.25) is 0 Å². The number of amides is 3. The second-order valence-electron chi connectivity index (χ2n) is 9.69. The average molecular weight is 544 g/mol. The molecule has 13 heteroatoms. The van der Waals surface area contributed by atoms with Crippen LogP contribution in [0.1, 0.15) is 43.4 Å². The number of likely N-dealkylation sites (tertiary alicyclic amines) is 1. The number of aromatic amines is 1. The number of carbonyl (C=O) groups excluding carboxylic acids is 3. The van der Waals surface area contributed by atoms with Gasteiger partial charge >= 0.3 is 5.97 Å². The standard InChI is InChI=1S/C26H37N7O6/c27-10-2-1-4-20(31-23(35)19(28)12-16-6-8-18(34)9-7-16)24(36)32-21(13-17-14-29-15-30-17)25(37)33-11-3-5-22(33)26(38)39/h6-9,14-15,19-22,34H,1-5,10-13,27-28H2,(H,29,30)(H,31,35)(H,32,36)(H,38,39). The summed E-state index contributed by atoms with van der Waals surface area (Å²) < 4.78 is 0. The Hall–Kier alpha value is -3.97. The minimum atomic E-state index is -1.10. The molecule has 1 saturated heterocycles. The van der Waals surface area contributed by atoms with Crippen molar-refractivity contribution in [1.82, 2.24) is 25.5 Å². The summed E-state index contributed by atoms with van der Waals surface area (Å²) in [6.45, 7) is 0.684. The number of benzene rings is 1. The normalized spacial score (nSPS) is 17.3. The zero-order valence-electron chi connectivity index (χ0n) is 21.7. The summed E-state index contributed by atoms with van der Waals surface area (Å²) in [7, 11) is 0. The molecule has 13 nitrogen and oxygen atoms in total. The molecule has 9 N–H and O–H groups in total. The van der Waals surface area contributed by atoms with Crippen LogP contribution in [0.25, 0.3) is 0 Å². The van der Waals surface area contributed by atoms with Gasteiger partial charge in [-0.05, 0) is 62.8 Å². The molecule has 4 unspecified atom stereocenters. The number of nitrogens with two attached hydrogens (primary N) is 2. The minimum absolute atomic E-state index is 0.0667. The van der Waals surface area contributed by atoms with E-state index in [0.717, 1.165) is 5.56 Å². The van der Waals surface area contributed by atoms with E-state index in [2.05, 4.69) is 20.6 Å². The summed E-state index contributed by atoms with van der Waals surface area (Å²) in [5.41, 5.74) is 13.0. The van der Waals surface area contributed by atoms with Crippen LogP contribution in [0.3, 0.4) is 0 Å². The molecule has 2 heterocycles. The van der Waals surface area contributed by atoms with Crippen molar-refractivity contribution in [2.45, 2.75) is 69.1 Å². The fraction of sp³-hybridized carbons (Fsp3) is 0.500. The molecule has 3 amide bonds. The molecule has 0 saturated carbocycles. The van der Waals surface area contributed by atoms with Crippen molar-refractivity contribution in [2.75, 3.05) is 13.1 Å². The largest absolute Gasteiger partial charge is 0.508 e. The van der Waals surface area contributed by atoms with E-state index in [1.165, 1.54) is 29.6 Å². The van der Waals surface area contributed by atoms with Crippen LogP contribution in [0, 0.1) is 0 Å². The third-order valence-electron chi connectivity index (χ3n) is 6.72. The van der Waals surface area contributed by atoms with Gasteiger partial charge in [0.05, 0.1) is 12.4 Å². The molecule has 0 aliphatic carbocycles. The number of imidazole rings is 1. The van der Waals surface area contributed by atoms with E-state index in [-0.39, 0.29) is 31.6 Å². The number of carboxylic acids is 1. The Morgan fingerprint density at radius 1 is 1.08 bits per heavy atom. The Kier molecular flexibility index (Phi) is 10.8. The van der Waals surface area contributed by atoms with Gasteiger partial charge in [0.25, 0.3) is 0 Å². The first kappa shape index (κ1) is 29.6. The number of hydrogen-bond acceptors (Lipinski definition) is 8. The van der Waals surface area contributed by atoms with Crippen molar-refractivity contribution in [3.8, 4) is 5.75 Å². The van der Waals surface area contributed by atoms with Gasteiger partial charge in [0, 0.05) is 24.9 Å². The number of nitrogens with zero attached hydrogens (tertiary/aromatic N) is 2. The minimum Gasteiger partial charge on any atom is -0.508 e. The van der Waals surface area contributed by atoms with E-state index in [1.807, 2.05) is 0 Å². The number of aromatic hydroxyl groups is 1. The predicted molar refractivity (Wildman–Crippen MR) is 141 cm³/mol. The summed E-state index contributed by atoms with van der Waals surface area (Å²) in [4.78, 5) is 59.6. The Labute approximate surface area is 226 Å². The topological polar surface area (TPSA) is 217 Å². The number of carbonyl (C=O) groups is 4. The lowest BCUT2D eigenvalue weighted by Crippen LogP contribution is -2.57. The molecule has 0 spiro atoms. The van der Waals surface area contributed by atoms with Crippen molar-refractivity contribution >= 4 is 23.7 Å². The third-order valence-corrected chi connectivity index (χ3v) is 6.72. The zero-order valence-corrected chi connectivity index (χ0v) is 21.7. The van der Waals surface area contributed by atoms with Crippen LogP contribution in [-0.4, -0.2) is 86.0 Å². The summed E-state index contributed by atoms with van der Waals surface area (Å²) >= 11 is 0. The number of phenols is 1. The van der Waals surface area contributed by atoms with Gasteiger partial charge in [0.2, 0.25) is 17.7 Å². The number of rotatable bonds is 14. The van der Waals surface area contributed by atoms with Gasteiger partial charge in [-0.15, -0.1) is 0 Å². The van der Waals surface area contributed by atoms with Gasteiger partial charge < -0.3 is 42.2 Å². The van der Waals surface area contributed by atoms with Crippen molar-refractivity contribution in [3.05, 3.63) is 48.0 Å². The van der Waals surface area contributed by atoms with Crippen molar-refractivity contribution in [1.29, 1.82) is 0 Å². The second-order valence-corrected chi connectivity index (χ2v) is 9.69. The van der Waals surface area contributed by atoms with Crippen LogP contribution in [0.15, 0.2) is 36.8 Å². The summed E-state index contributed by atoms with van der Waals surface area (Å²) in [5, 5.41) is 24.4. The SMILES string of the molecule is NCCCCC(NC(=O)C(N)Cc1ccc(O)cc1)C(=O)NC(Cc1cnc[nH]1)C(=O)N1CCCC1C(=O)O. The highest BCUT2D eigenvalue weighted by Gasteiger charge is 2.38. The quantitative estimate of drug-likeness (QED) is 0.151. The zero-order chi connectivity index (χ0) is 28.4. The Morgan fingerprint density at radius 2 is 1.79 bits per heavy atom. The lowest BCUT2D eigenvalue weighted by atomic mass is 10.0. The maximum absolute atomic E-state index is 13.4. The van der Waals surface area contributed by atoms with Crippen LogP contribution < -0.4 is 22.1 Å². The maximum Gasteiger partial charge on any atom is 0.326 e. The fourth-order valence-electron chi connectivity index (χ4n) is 4.60. The molecule has 1 aliphatic rings. The van der Waals surface area contributed by atoms with Crippen LogP contribution >= 0.6 is 0 Å². The number of phenolic OH excluding ortho intramolecular Hbond substituents is 1. The van der Waals surface area contributed by atoms with E-state index < -0.39 is 47.9 Å². The summed E-state index contributed by atoms with van der Waals surface area (Å²) in [6, 6.07) is 2.33. The highest BCUT2D eigenvalue weighted by Crippen LogP contribution is 2.20. The van der Waals surface area contributed by atoms with Crippen LogP contribution in [-0.2, 0) is 32.0 Å². The van der Waals surface area contributed by atoms with Crippen molar-refractivity contribution < 1.29 is 29.4 Å². The van der Waals surface area contributed by atoms with Gasteiger partial charge in [0.15, 0.2) is 0 Å². The number of nitrogens with one attached hydrogen (secondary N) is 3. The molecule has 1 fully saturated rings. The van der Waals surface area contributed by atoms with Gasteiger partial charge in [-0.3, -0.25) is 14.4 Å². The Bertz CT molecular complexity index is 1110. The van der Waals surface area contributed by atoms with Gasteiger partial charge in [0.1, 0.15) is 23.9 Å². The summed E-state index contributed by atoms with van der Waals surface area (Å²) in [5.74, 6) is -2.64. The molecular weight excluding hydrogens is 506 g/mol. The van der Waals surface area contributed by atoms with E-state index in [4.69, 9.17) is 11.5 Å². The molecule has 39 heavy (non-hydrogen) atoms. The van der Waals surface area contributed by atoms with E-state index in [9.17, 15) is 29.4 Å². The highest BCUT2D eigenvalue weighted by atomic mass is 16.4. The first-order chi connectivity index (χ1) is 18.7. The van der Waals surface area contributed by atoms with Gasteiger partial charge in [-0.1, -0.05) is 12.1 Å². The Balaban J connectivity index is 1.73. The van der Waals surface area contributed by atoms with Crippen molar-refractivity contribution in [2.24, 2.45) is 11.5 Å². The smallest absolute Gasteiger partial charge is 0.326 e.